The quantitative estimate of drug-likeness (QED) is 0.416. The van der Waals surface area contributed by atoms with Crippen molar-refractivity contribution in [2.24, 2.45) is 17.3 Å². The van der Waals surface area contributed by atoms with Crippen molar-refractivity contribution in [3.05, 3.63) is 41.5 Å². The molecule has 3 nitrogen and oxygen atoms in total. The fourth-order valence-electron chi connectivity index (χ4n) is 4.17. The van der Waals surface area contributed by atoms with Gasteiger partial charge in [0.05, 0.1) is 0 Å². The minimum atomic E-state index is -0.469. The monoisotopic (exact) mass is 284 g/mol. The fraction of sp³-hybridized carbons (Fsp3) is 0.500. The number of benzene rings is 1. The Kier molecular flexibility index (Phi) is 2.48. The van der Waals surface area contributed by atoms with Crippen LogP contribution in [0.1, 0.15) is 32.8 Å². The van der Waals surface area contributed by atoms with Crippen molar-refractivity contribution in [1.29, 1.82) is 0 Å². The van der Waals surface area contributed by atoms with Crippen LogP contribution in [0.25, 0.3) is 0 Å². The van der Waals surface area contributed by atoms with Crippen LogP contribution < -0.4 is 4.74 Å². The zero-order valence-electron chi connectivity index (χ0n) is 12.7. The van der Waals surface area contributed by atoms with E-state index in [4.69, 9.17) is 9.47 Å². The standard InChI is InChI=1S/C18H20O3/c1-17(2,3)10-11-12-8-9-20-18(12)13-6-4-5-7-14(13)21-16(19)15(11)18/h4-7,10,12,15H,8-9H2,1-3H3/b11-10+/t12-,15+,18+/m0/s1. The third-order valence-corrected chi connectivity index (χ3v) is 4.78. The van der Waals surface area contributed by atoms with E-state index in [1.807, 2.05) is 24.3 Å². The molecule has 3 atom stereocenters. The number of fused-ring (bicyclic) bond motifs is 1. The molecule has 0 radical (unpaired) electrons. The molecular weight excluding hydrogens is 264 g/mol. The first-order valence-electron chi connectivity index (χ1n) is 7.61. The van der Waals surface area contributed by atoms with E-state index in [0.29, 0.717) is 18.3 Å². The van der Waals surface area contributed by atoms with Gasteiger partial charge in [-0.1, -0.05) is 45.0 Å². The third-order valence-electron chi connectivity index (χ3n) is 4.78. The van der Waals surface area contributed by atoms with Crippen LogP contribution in [0.5, 0.6) is 5.75 Å². The second-order valence-electron chi connectivity index (χ2n) is 7.34. The normalized spacial score (nSPS) is 35.6. The molecule has 110 valence electrons. The first-order valence-corrected chi connectivity index (χ1v) is 7.61. The number of rotatable bonds is 0. The van der Waals surface area contributed by atoms with Crippen LogP contribution in [0.3, 0.4) is 0 Å². The summed E-state index contributed by atoms with van der Waals surface area (Å²) in [6, 6.07) is 7.80. The summed E-state index contributed by atoms with van der Waals surface area (Å²) in [7, 11) is 0. The number of esters is 1. The molecule has 1 aliphatic carbocycles. The highest BCUT2D eigenvalue weighted by Gasteiger charge is 2.69. The van der Waals surface area contributed by atoms with Gasteiger partial charge in [-0.3, -0.25) is 4.79 Å². The lowest BCUT2D eigenvalue weighted by molar-refractivity contribution is -0.169. The van der Waals surface area contributed by atoms with Crippen molar-refractivity contribution in [2.75, 3.05) is 6.61 Å². The number of ether oxygens (including phenoxy) is 2. The highest BCUT2D eigenvalue weighted by Crippen LogP contribution is 2.66. The van der Waals surface area contributed by atoms with E-state index in [2.05, 4.69) is 26.8 Å². The van der Waals surface area contributed by atoms with Gasteiger partial charge >= 0.3 is 5.97 Å². The predicted octanol–water partition coefficient (Wildman–Crippen LogP) is 3.44. The molecule has 21 heavy (non-hydrogen) atoms. The van der Waals surface area contributed by atoms with Crippen molar-refractivity contribution in [3.63, 3.8) is 0 Å². The summed E-state index contributed by atoms with van der Waals surface area (Å²) in [6.45, 7) is 7.21. The molecule has 2 heterocycles. The molecule has 2 fully saturated rings. The van der Waals surface area contributed by atoms with Gasteiger partial charge in [0.1, 0.15) is 17.3 Å². The molecule has 1 aromatic rings. The Balaban J connectivity index is 1.88. The Bertz CT molecular complexity index is 653. The molecule has 3 aliphatic rings. The zero-order valence-corrected chi connectivity index (χ0v) is 12.7. The molecule has 4 rings (SSSR count). The van der Waals surface area contributed by atoms with E-state index in [9.17, 15) is 4.79 Å². The second-order valence-corrected chi connectivity index (χ2v) is 7.34. The van der Waals surface area contributed by atoms with Crippen molar-refractivity contribution >= 4 is 5.97 Å². The minimum Gasteiger partial charge on any atom is -0.426 e. The lowest BCUT2D eigenvalue weighted by Crippen LogP contribution is -2.59. The van der Waals surface area contributed by atoms with Gasteiger partial charge < -0.3 is 9.47 Å². The molecule has 3 heteroatoms. The van der Waals surface area contributed by atoms with Crippen LogP contribution in [0.2, 0.25) is 0 Å². The van der Waals surface area contributed by atoms with Crippen LogP contribution in [0, 0.1) is 17.3 Å². The summed E-state index contributed by atoms with van der Waals surface area (Å²) >= 11 is 0. The summed E-state index contributed by atoms with van der Waals surface area (Å²) in [5.41, 5.74) is 1.84. The molecule has 0 bridgehead atoms. The molecule has 0 N–H and O–H groups in total. The van der Waals surface area contributed by atoms with Gasteiger partial charge in [-0.15, -0.1) is 0 Å². The summed E-state index contributed by atoms with van der Waals surface area (Å²) in [4.78, 5) is 12.5. The SMILES string of the molecule is CC(C)(C)/C=C1\[C@@H]2CCO[C@@]23c2ccccc2OC(=O)[C@@H]13. The summed E-state index contributed by atoms with van der Waals surface area (Å²) < 4.78 is 11.7. The maximum absolute atomic E-state index is 12.5. The minimum absolute atomic E-state index is 0.0569. The molecule has 1 spiro atoms. The second kappa shape index (κ2) is 3.98. The molecular formula is C18H20O3. The van der Waals surface area contributed by atoms with Gasteiger partial charge in [0.25, 0.3) is 0 Å². The molecule has 1 saturated carbocycles. The van der Waals surface area contributed by atoms with E-state index in [-0.39, 0.29) is 17.3 Å². The topological polar surface area (TPSA) is 35.5 Å². The Morgan fingerprint density at radius 3 is 2.81 bits per heavy atom. The van der Waals surface area contributed by atoms with E-state index >= 15 is 0 Å². The van der Waals surface area contributed by atoms with E-state index < -0.39 is 5.60 Å². The van der Waals surface area contributed by atoms with Crippen LogP contribution in [0.4, 0.5) is 0 Å². The Morgan fingerprint density at radius 1 is 1.29 bits per heavy atom. The Morgan fingerprint density at radius 2 is 2.05 bits per heavy atom. The largest absolute Gasteiger partial charge is 0.426 e. The van der Waals surface area contributed by atoms with Crippen molar-refractivity contribution in [1.82, 2.24) is 0 Å². The molecule has 1 saturated heterocycles. The summed E-state index contributed by atoms with van der Waals surface area (Å²) in [6.07, 6.45) is 3.23. The van der Waals surface area contributed by atoms with Gasteiger partial charge in [-0.05, 0) is 23.5 Å². The molecule has 1 aromatic carbocycles. The van der Waals surface area contributed by atoms with Crippen molar-refractivity contribution in [3.8, 4) is 5.75 Å². The summed E-state index contributed by atoms with van der Waals surface area (Å²) in [5.74, 6) is 0.553. The van der Waals surface area contributed by atoms with Gasteiger partial charge in [-0.25, -0.2) is 0 Å². The average molecular weight is 284 g/mol. The first kappa shape index (κ1) is 13.1. The van der Waals surface area contributed by atoms with E-state index in [0.717, 1.165) is 12.0 Å². The molecule has 0 unspecified atom stereocenters. The number of para-hydroxylation sites is 1. The number of allylic oxidation sites excluding steroid dienone is 1. The highest BCUT2D eigenvalue weighted by molar-refractivity contribution is 5.86. The first-order chi connectivity index (χ1) is 9.93. The zero-order chi connectivity index (χ0) is 14.8. The molecule has 0 amide bonds. The van der Waals surface area contributed by atoms with E-state index in [1.54, 1.807) is 0 Å². The molecule has 2 aliphatic heterocycles. The molecule has 0 aromatic heterocycles. The van der Waals surface area contributed by atoms with Crippen LogP contribution in [0.15, 0.2) is 35.9 Å². The number of carbonyl (C=O) groups is 1. The van der Waals surface area contributed by atoms with Gasteiger partial charge in [0, 0.05) is 18.1 Å². The lowest BCUT2D eigenvalue weighted by atomic mass is 9.53. The van der Waals surface area contributed by atoms with Gasteiger partial charge in [-0.2, -0.15) is 0 Å². The number of hydrogen-bond donors (Lipinski definition) is 0. The maximum atomic E-state index is 12.5. The summed E-state index contributed by atoms with van der Waals surface area (Å²) in [5, 5.41) is 0. The van der Waals surface area contributed by atoms with Crippen LogP contribution in [-0.2, 0) is 15.1 Å². The smallest absolute Gasteiger partial charge is 0.321 e. The predicted molar refractivity (Wildman–Crippen MR) is 78.8 cm³/mol. The van der Waals surface area contributed by atoms with Crippen LogP contribution >= 0.6 is 0 Å². The fourth-order valence-corrected chi connectivity index (χ4v) is 4.17. The maximum Gasteiger partial charge on any atom is 0.321 e. The Labute approximate surface area is 124 Å². The van der Waals surface area contributed by atoms with Gasteiger partial charge in [0.2, 0.25) is 0 Å². The Hall–Kier alpha value is -1.61. The average Bonchev–Trinajstić information content (AvgIpc) is 2.74. The third kappa shape index (κ3) is 1.61. The highest BCUT2D eigenvalue weighted by atomic mass is 16.6. The van der Waals surface area contributed by atoms with Crippen molar-refractivity contribution < 1.29 is 14.3 Å². The number of hydrogen-bond acceptors (Lipinski definition) is 3. The van der Waals surface area contributed by atoms with Gasteiger partial charge in [0.15, 0.2) is 0 Å². The van der Waals surface area contributed by atoms with Crippen molar-refractivity contribution in [2.45, 2.75) is 32.8 Å². The number of carbonyl (C=O) groups excluding carboxylic acids is 1. The van der Waals surface area contributed by atoms with Crippen LogP contribution in [-0.4, -0.2) is 12.6 Å². The lowest BCUT2D eigenvalue weighted by Gasteiger charge is -2.55. The van der Waals surface area contributed by atoms with E-state index in [1.165, 1.54) is 5.57 Å².